The number of nitrogens with zero attached hydrogens (tertiary/aromatic N) is 2. The Morgan fingerprint density at radius 1 is 0.760 bits per heavy atom. The highest BCUT2D eigenvalue weighted by Crippen LogP contribution is 2.52. The standard InChI is InChI=1S/C20H12Cl2N2O/c1-10-15-17(11-6-2-4-8-13(11)23-19(15)21)25-18-12-7-3-5-9-14(12)24-20(22)16(10)18/h2-10H,1H3. The summed E-state index contributed by atoms with van der Waals surface area (Å²) < 4.78 is 6.39. The summed E-state index contributed by atoms with van der Waals surface area (Å²) >= 11 is 13.0. The number of ether oxygens (including phenoxy) is 1. The maximum atomic E-state index is 6.50. The quantitative estimate of drug-likeness (QED) is 0.340. The predicted octanol–water partition coefficient (Wildman–Crippen LogP) is 6.35. The van der Waals surface area contributed by atoms with Crippen LogP contribution in [0.15, 0.2) is 48.5 Å². The SMILES string of the molecule is CC1c2c(Cl)nc3ccccc3c2Oc2c1c(Cl)nc1ccccc21. The minimum absolute atomic E-state index is 0.0621. The molecule has 0 fully saturated rings. The number of benzene rings is 2. The van der Waals surface area contributed by atoms with E-state index in [-0.39, 0.29) is 5.92 Å². The van der Waals surface area contributed by atoms with Crippen molar-refractivity contribution in [1.29, 1.82) is 0 Å². The first-order valence-electron chi connectivity index (χ1n) is 7.99. The van der Waals surface area contributed by atoms with Gasteiger partial charge < -0.3 is 4.74 Å². The Kier molecular flexibility index (Phi) is 3.18. The van der Waals surface area contributed by atoms with Crippen LogP contribution in [-0.4, -0.2) is 9.97 Å². The topological polar surface area (TPSA) is 35.0 Å². The van der Waals surface area contributed by atoms with Crippen LogP contribution in [-0.2, 0) is 0 Å². The highest BCUT2D eigenvalue weighted by atomic mass is 35.5. The number of aromatic nitrogens is 2. The van der Waals surface area contributed by atoms with E-state index in [1.54, 1.807) is 0 Å². The molecule has 2 aromatic heterocycles. The predicted molar refractivity (Wildman–Crippen MR) is 101 cm³/mol. The highest BCUT2D eigenvalue weighted by molar-refractivity contribution is 6.32. The third-order valence-corrected chi connectivity index (χ3v) is 5.31. The summed E-state index contributed by atoms with van der Waals surface area (Å²) in [5.74, 6) is 1.44. The third kappa shape index (κ3) is 2.06. The summed E-state index contributed by atoms with van der Waals surface area (Å²) in [4.78, 5) is 9.05. The second-order valence-corrected chi connectivity index (χ2v) is 6.86. The van der Waals surface area contributed by atoms with Crippen LogP contribution in [0.25, 0.3) is 21.8 Å². The van der Waals surface area contributed by atoms with Gasteiger partial charge in [0.15, 0.2) is 0 Å². The zero-order valence-electron chi connectivity index (χ0n) is 13.3. The van der Waals surface area contributed by atoms with Crippen LogP contribution < -0.4 is 4.74 Å². The van der Waals surface area contributed by atoms with E-state index in [9.17, 15) is 0 Å². The molecule has 1 aliphatic rings. The summed E-state index contributed by atoms with van der Waals surface area (Å²) in [7, 11) is 0. The third-order valence-electron chi connectivity index (χ3n) is 4.74. The van der Waals surface area contributed by atoms with Gasteiger partial charge in [0.2, 0.25) is 0 Å². The van der Waals surface area contributed by atoms with Crippen LogP contribution in [0.1, 0.15) is 24.0 Å². The molecule has 0 saturated heterocycles. The number of halogens is 2. The lowest BCUT2D eigenvalue weighted by molar-refractivity contribution is 0.459. The molecule has 2 aromatic carbocycles. The molecule has 0 atom stereocenters. The number of rotatable bonds is 0. The molecule has 122 valence electrons. The van der Waals surface area contributed by atoms with Gasteiger partial charge in [0.05, 0.1) is 11.0 Å². The van der Waals surface area contributed by atoms with Gasteiger partial charge in [-0.1, -0.05) is 54.4 Å². The molecule has 5 heteroatoms. The maximum Gasteiger partial charge on any atom is 0.143 e. The molecule has 5 rings (SSSR count). The molecular formula is C20H12Cl2N2O. The molecule has 0 saturated carbocycles. The van der Waals surface area contributed by atoms with Crippen molar-refractivity contribution in [2.75, 3.05) is 0 Å². The minimum Gasteiger partial charge on any atom is -0.455 e. The maximum absolute atomic E-state index is 6.50. The van der Waals surface area contributed by atoms with Crippen LogP contribution in [0.2, 0.25) is 10.3 Å². The smallest absolute Gasteiger partial charge is 0.143 e. The molecule has 4 aromatic rings. The average molecular weight is 367 g/mol. The molecule has 0 spiro atoms. The van der Waals surface area contributed by atoms with Crippen molar-refractivity contribution in [3.63, 3.8) is 0 Å². The van der Waals surface area contributed by atoms with Crippen molar-refractivity contribution in [2.45, 2.75) is 12.8 Å². The molecular weight excluding hydrogens is 355 g/mol. The minimum atomic E-state index is -0.0621. The van der Waals surface area contributed by atoms with Gasteiger partial charge in [0, 0.05) is 27.8 Å². The summed E-state index contributed by atoms with van der Waals surface area (Å²) in [6, 6.07) is 15.7. The van der Waals surface area contributed by atoms with Crippen LogP contribution >= 0.6 is 23.2 Å². The van der Waals surface area contributed by atoms with Gasteiger partial charge in [-0.15, -0.1) is 0 Å². The van der Waals surface area contributed by atoms with Gasteiger partial charge in [0.1, 0.15) is 21.8 Å². The van der Waals surface area contributed by atoms with Crippen LogP contribution in [0, 0.1) is 0 Å². The molecule has 3 heterocycles. The monoisotopic (exact) mass is 366 g/mol. The lowest BCUT2D eigenvalue weighted by Crippen LogP contribution is -2.11. The first kappa shape index (κ1) is 14.9. The van der Waals surface area contributed by atoms with Crippen molar-refractivity contribution in [3.05, 3.63) is 70.0 Å². The molecule has 0 N–H and O–H groups in total. The van der Waals surface area contributed by atoms with E-state index in [1.807, 2.05) is 48.5 Å². The van der Waals surface area contributed by atoms with E-state index >= 15 is 0 Å². The molecule has 25 heavy (non-hydrogen) atoms. The number of fused-ring (bicyclic) bond motifs is 6. The fourth-order valence-electron chi connectivity index (χ4n) is 3.55. The van der Waals surface area contributed by atoms with Crippen LogP contribution in [0.4, 0.5) is 0 Å². The lowest BCUT2D eigenvalue weighted by atomic mass is 9.89. The molecule has 0 unspecified atom stereocenters. The Bertz CT molecular complexity index is 1080. The van der Waals surface area contributed by atoms with Gasteiger partial charge in [0.25, 0.3) is 0 Å². The Hall–Kier alpha value is -2.36. The first-order valence-corrected chi connectivity index (χ1v) is 8.75. The molecule has 0 radical (unpaired) electrons. The van der Waals surface area contributed by atoms with Crippen LogP contribution in [0.3, 0.4) is 0 Å². The molecule has 0 bridgehead atoms. The average Bonchev–Trinajstić information content (AvgIpc) is 2.61. The van der Waals surface area contributed by atoms with Crippen molar-refractivity contribution in [3.8, 4) is 11.5 Å². The fourth-order valence-corrected chi connectivity index (χ4v) is 4.23. The highest BCUT2D eigenvalue weighted by Gasteiger charge is 2.32. The molecule has 0 amide bonds. The van der Waals surface area contributed by atoms with Crippen molar-refractivity contribution < 1.29 is 4.74 Å². The zero-order chi connectivity index (χ0) is 17.1. The molecule has 1 aliphatic heterocycles. The number of pyridine rings is 2. The normalized spacial score (nSPS) is 13.6. The summed E-state index contributed by atoms with van der Waals surface area (Å²) in [6.07, 6.45) is 0. The molecule has 0 aliphatic carbocycles. The first-order chi connectivity index (χ1) is 12.1. The van der Waals surface area contributed by atoms with Gasteiger partial charge in [-0.25, -0.2) is 9.97 Å². The van der Waals surface area contributed by atoms with Gasteiger partial charge in [-0.05, 0) is 24.3 Å². The van der Waals surface area contributed by atoms with E-state index in [1.165, 1.54) is 0 Å². The van der Waals surface area contributed by atoms with Crippen LogP contribution in [0.5, 0.6) is 11.5 Å². The van der Waals surface area contributed by atoms with Gasteiger partial charge >= 0.3 is 0 Å². The van der Waals surface area contributed by atoms with E-state index in [4.69, 9.17) is 27.9 Å². The van der Waals surface area contributed by atoms with Crippen molar-refractivity contribution in [2.24, 2.45) is 0 Å². The molecule has 3 nitrogen and oxygen atoms in total. The summed E-state index contributed by atoms with van der Waals surface area (Å²) in [6.45, 7) is 2.06. The van der Waals surface area contributed by atoms with Crippen molar-refractivity contribution in [1.82, 2.24) is 9.97 Å². The Morgan fingerprint density at radius 3 is 1.68 bits per heavy atom. The lowest BCUT2D eigenvalue weighted by Gasteiger charge is -2.28. The Labute approximate surface area is 154 Å². The van der Waals surface area contributed by atoms with E-state index in [0.29, 0.717) is 10.3 Å². The van der Waals surface area contributed by atoms with E-state index < -0.39 is 0 Å². The summed E-state index contributed by atoms with van der Waals surface area (Å²) in [5.41, 5.74) is 3.33. The largest absolute Gasteiger partial charge is 0.455 e. The van der Waals surface area contributed by atoms with E-state index in [2.05, 4.69) is 16.9 Å². The number of para-hydroxylation sites is 2. The van der Waals surface area contributed by atoms with E-state index in [0.717, 1.165) is 44.4 Å². The van der Waals surface area contributed by atoms with Gasteiger partial charge in [-0.2, -0.15) is 0 Å². The number of hydrogen-bond donors (Lipinski definition) is 0. The number of hydrogen-bond acceptors (Lipinski definition) is 3. The Balaban J connectivity index is 1.90. The zero-order valence-corrected chi connectivity index (χ0v) is 14.8. The second-order valence-electron chi connectivity index (χ2n) is 6.15. The summed E-state index contributed by atoms with van der Waals surface area (Å²) in [5, 5.41) is 2.76. The Morgan fingerprint density at radius 2 is 1.20 bits per heavy atom. The van der Waals surface area contributed by atoms with Gasteiger partial charge in [-0.3, -0.25) is 0 Å². The fraction of sp³-hybridized carbons (Fsp3) is 0.100. The second kappa shape index (κ2) is 5.32. The van der Waals surface area contributed by atoms with Crippen molar-refractivity contribution >= 4 is 45.0 Å².